The molecule has 182 valence electrons. The van der Waals surface area contributed by atoms with Crippen molar-refractivity contribution in [1.82, 2.24) is 19.4 Å². The molecule has 2 aromatic heterocycles. The van der Waals surface area contributed by atoms with Gasteiger partial charge >= 0.3 is 0 Å². The van der Waals surface area contributed by atoms with E-state index in [1.807, 2.05) is 6.20 Å². The normalized spacial score (nSPS) is 18.3. The van der Waals surface area contributed by atoms with Gasteiger partial charge in [0.1, 0.15) is 0 Å². The first kappa shape index (κ1) is 23.3. The van der Waals surface area contributed by atoms with Crippen LogP contribution in [-0.2, 0) is 6.54 Å². The summed E-state index contributed by atoms with van der Waals surface area (Å²) in [6.07, 6.45) is 18.7. The highest BCUT2D eigenvalue weighted by molar-refractivity contribution is 5.82. The van der Waals surface area contributed by atoms with E-state index in [0.29, 0.717) is 5.92 Å². The van der Waals surface area contributed by atoms with Gasteiger partial charge in [-0.25, -0.2) is 9.97 Å². The predicted octanol–water partition coefficient (Wildman–Crippen LogP) is 7.06. The minimum absolute atomic E-state index is 0.609. The number of anilines is 1. The Morgan fingerprint density at radius 2 is 1.68 bits per heavy atom. The summed E-state index contributed by atoms with van der Waals surface area (Å²) in [7, 11) is 0. The van der Waals surface area contributed by atoms with Gasteiger partial charge in [0.05, 0.1) is 17.2 Å². The predicted molar refractivity (Wildman–Crippen MR) is 142 cm³/mol. The molecule has 0 unspecified atom stereocenters. The average Bonchev–Trinajstić information content (AvgIpc) is 3.06. The number of fused-ring (bicyclic) bond motifs is 1. The molecule has 0 atom stereocenters. The molecule has 0 amide bonds. The molecule has 1 aromatic carbocycles. The van der Waals surface area contributed by atoms with Crippen molar-refractivity contribution >= 4 is 17.0 Å². The van der Waals surface area contributed by atoms with Crippen molar-refractivity contribution < 1.29 is 0 Å². The molecule has 3 heterocycles. The number of hydrogen-bond acceptors (Lipinski definition) is 4. The van der Waals surface area contributed by atoms with E-state index in [1.165, 1.54) is 94.1 Å². The van der Waals surface area contributed by atoms with Gasteiger partial charge in [-0.3, -0.25) is 4.90 Å². The van der Waals surface area contributed by atoms with Crippen LogP contribution < -0.4 is 5.32 Å². The van der Waals surface area contributed by atoms with Crippen LogP contribution in [0.4, 0.5) is 5.95 Å². The van der Waals surface area contributed by atoms with Crippen molar-refractivity contribution in [2.45, 2.75) is 90.0 Å². The smallest absolute Gasteiger partial charge is 0.223 e. The third-order valence-corrected chi connectivity index (χ3v) is 7.75. The molecule has 5 nitrogen and oxygen atoms in total. The van der Waals surface area contributed by atoms with Crippen molar-refractivity contribution in [3.63, 3.8) is 0 Å². The first-order valence-corrected chi connectivity index (χ1v) is 13.8. The fraction of sp³-hybridized carbons (Fsp3) is 0.586. The second-order valence-electron chi connectivity index (χ2n) is 10.4. The fourth-order valence-corrected chi connectivity index (χ4v) is 5.74. The van der Waals surface area contributed by atoms with Gasteiger partial charge in [-0.1, -0.05) is 57.6 Å². The summed E-state index contributed by atoms with van der Waals surface area (Å²) in [6, 6.07) is 9.19. The van der Waals surface area contributed by atoms with Gasteiger partial charge in [-0.15, -0.1) is 0 Å². The molecule has 5 heteroatoms. The van der Waals surface area contributed by atoms with Gasteiger partial charge in [-0.05, 0) is 74.4 Å². The largest absolute Gasteiger partial charge is 0.354 e. The lowest BCUT2D eigenvalue weighted by molar-refractivity contribution is 0.277. The molecule has 0 spiro atoms. The monoisotopic (exact) mass is 459 g/mol. The van der Waals surface area contributed by atoms with Crippen LogP contribution in [0.5, 0.6) is 0 Å². The minimum Gasteiger partial charge on any atom is -0.354 e. The maximum absolute atomic E-state index is 5.02. The van der Waals surface area contributed by atoms with Crippen LogP contribution in [0.25, 0.3) is 16.7 Å². The highest BCUT2D eigenvalue weighted by Gasteiger charge is 2.22. The van der Waals surface area contributed by atoms with Crippen LogP contribution in [0.3, 0.4) is 0 Å². The van der Waals surface area contributed by atoms with Crippen LogP contribution in [0, 0.1) is 0 Å². The Hall–Kier alpha value is -2.40. The summed E-state index contributed by atoms with van der Waals surface area (Å²) in [5.74, 6) is 1.38. The van der Waals surface area contributed by atoms with E-state index >= 15 is 0 Å². The van der Waals surface area contributed by atoms with Crippen LogP contribution in [0.15, 0.2) is 36.7 Å². The van der Waals surface area contributed by atoms with E-state index in [9.17, 15) is 0 Å². The highest BCUT2D eigenvalue weighted by atomic mass is 15.1. The zero-order valence-corrected chi connectivity index (χ0v) is 20.9. The topological polar surface area (TPSA) is 46.0 Å². The number of rotatable bonds is 8. The molecule has 1 aliphatic heterocycles. The molecule has 3 aromatic rings. The molecular formula is C29H41N5. The Morgan fingerprint density at radius 3 is 2.41 bits per heavy atom. The standard InChI is InChI=1S/C29H41N5/c1-2-3-17-30-29-31-20-27-28(32-29)26(24-11-7-6-8-12-24)22-34(27)25-15-13-23(14-16-25)21-33-18-9-4-5-10-19-33/h13-16,20,22,24H,2-12,17-19,21H2,1H3,(H,30,31,32). The zero-order valence-electron chi connectivity index (χ0n) is 20.9. The molecule has 34 heavy (non-hydrogen) atoms. The molecule has 2 fully saturated rings. The lowest BCUT2D eigenvalue weighted by Crippen LogP contribution is -2.23. The Kier molecular flexibility index (Phi) is 7.79. The first-order chi connectivity index (χ1) is 16.8. The lowest BCUT2D eigenvalue weighted by Gasteiger charge is -2.20. The fourth-order valence-electron chi connectivity index (χ4n) is 5.74. The minimum atomic E-state index is 0.609. The molecule has 1 saturated heterocycles. The number of likely N-dealkylation sites (tertiary alicyclic amines) is 1. The lowest BCUT2D eigenvalue weighted by atomic mass is 9.85. The molecule has 1 saturated carbocycles. The van der Waals surface area contributed by atoms with Crippen LogP contribution in [0.2, 0.25) is 0 Å². The van der Waals surface area contributed by atoms with E-state index in [0.717, 1.165) is 36.5 Å². The van der Waals surface area contributed by atoms with E-state index in [4.69, 9.17) is 4.98 Å². The van der Waals surface area contributed by atoms with E-state index in [2.05, 4.69) is 57.2 Å². The van der Waals surface area contributed by atoms with Crippen molar-refractivity contribution in [3.05, 3.63) is 47.8 Å². The summed E-state index contributed by atoms with van der Waals surface area (Å²) in [5, 5.41) is 3.43. The van der Waals surface area contributed by atoms with Gasteiger partial charge in [-0.2, -0.15) is 0 Å². The van der Waals surface area contributed by atoms with Crippen molar-refractivity contribution in [2.24, 2.45) is 0 Å². The Balaban J connectivity index is 1.42. The molecule has 0 bridgehead atoms. The molecular weight excluding hydrogens is 418 g/mol. The number of nitrogens with zero attached hydrogens (tertiary/aromatic N) is 4. The summed E-state index contributed by atoms with van der Waals surface area (Å²) < 4.78 is 2.32. The molecule has 0 radical (unpaired) electrons. The maximum Gasteiger partial charge on any atom is 0.223 e. The molecule has 5 rings (SSSR count). The first-order valence-electron chi connectivity index (χ1n) is 13.8. The zero-order chi connectivity index (χ0) is 23.2. The van der Waals surface area contributed by atoms with Gasteiger partial charge in [0.25, 0.3) is 0 Å². The van der Waals surface area contributed by atoms with Gasteiger partial charge < -0.3 is 9.88 Å². The molecule has 2 aliphatic rings. The summed E-state index contributed by atoms with van der Waals surface area (Å²) >= 11 is 0. The van der Waals surface area contributed by atoms with Gasteiger partial charge in [0.15, 0.2) is 0 Å². The summed E-state index contributed by atoms with van der Waals surface area (Å²) in [6.45, 7) is 6.68. The number of nitrogens with one attached hydrogen (secondary N) is 1. The Labute approximate surface area is 205 Å². The number of aromatic nitrogens is 3. The van der Waals surface area contributed by atoms with E-state index in [1.54, 1.807) is 0 Å². The SMILES string of the molecule is CCCCNc1ncc2c(n1)c(C1CCCCC1)cn2-c1ccc(CN2CCCCCC2)cc1. The maximum atomic E-state index is 5.02. The Bertz CT molecular complexity index is 1040. The number of hydrogen-bond donors (Lipinski definition) is 1. The summed E-state index contributed by atoms with van der Waals surface area (Å²) in [4.78, 5) is 12.3. The van der Waals surface area contributed by atoms with E-state index < -0.39 is 0 Å². The van der Waals surface area contributed by atoms with E-state index in [-0.39, 0.29) is 0 Å². The van der Waals surface area contributed by atoms with Gasteiger partial charge in [0, 0.05) is 25.0 Å². The number of benzene rings is 1. The van der Waals surface area contributed by atoms with Crippen molar-refractivity contribution in [1.29, 1.82) is 0 Å². The second-order valence-corrected chi connectivity index (χ2v) is 10.4. The molecule has 1 aliphatic carbocycles. The van der Waals surface area contributed by atoms with Crippen molar-refractivity contribution in [3.8, 4) is 5.69 Å². The third kappa shape index (κ3) is 5.46. The average molecular weight is 460 g/mol. The third-order valence-electron chi connectivity index (χ3n) is 7.75. The Morgan fingerprint density at radius 1 is 0.941 bits per heavy atom. The van der Waals surface area contributed by atoms with Crippen LogP contribution >= 0.6 is 0 Å². The number of unbranched alkanes of at least 4 members (excludes halogenated alkanes) is 1. The summed E-state index contributed by atoms with van der Waals surface area (Å²) in [5.41, 5.74) is 6.29. The van der Waals surface area contributed by atoms with Crippen molar-refractivity contribution in [2.75, 3.05) is 25.0 Å². The molecule has 1 N–H and O–H groups in total. The second kappa shape index (κ2) is 11.4. The van der Waals surface area contributed by atoms with Crippen LogP contribution in [-0.4, -0.2) is 39.1 Å². The quantitative estimate of drug-likeness (QED) is 0.366. The van der Waals surface area contributed by atoms with Crippen LogP contribution in [0.1, 0.15) is 94.6 Å². The van der Waals surface area contributed by atoms with Gasteiger partial charge in [0.2, 0.25) is 5.95 Å². The highest BCUT2D eigenvalue weighted by Crippen LogP contribution is 2.37.